The van der Waals surface area contributed by atoms with E-state index < -0.39 is 0 Å². The molecule has 3 heterocycles. The van der Waals surface area contributed by atoms with E-state index in [0.29, 0.717) is 22.5 Å². The van der Waals surface area contributed by atoms with Crippen molar-refractivity contribution in [2.75, 3.05) is 0 Å². The maximum atomic E-state index is 12.4. The van der Waals surface area contributed by atoms with Crippen molar-refractivity contribution in [2.24, 2.45) is 7.05 Å². The highest BCUT2D eigenvalue weighted by molar-refractivity contribution is 7.10. The van der Waals surface area contributed by atoms with Crippen molar-refractivity contribution in [1.82, 2.24) is 19.2 Å². The van der Waals surface area contributed by atoms with Gasteiger partial charge in [-0.1, -0.05) is 18.2 Å². The number of fused-ring (bicyclic) bond motifs is 3. The van der Waals surface area contributed by atoms with Crippen molar-refractivity contribution in [3.63, 3.8) is 0 Å². The molecule has 0 atom stereocenters. The van der Waals surface area contributed by atoms with Gasteiger partial charge in [0.05, 0.1) is 17.3 Å². The van der Waals surface area contributed by atoms with Crippen LogP contribution in [0.1, 0.15) is 10.7 Å². The van der Waals surface area contributed by atoms with E-state index in [1.165, 1.54) is 15.9 Å². The molecule has 0 bridgehead atoms. The van der Waals surface area contributed by atoms with Gasteiger partial charge in [-0.25, -0.2) is 0 Å². The molecule has 8 heteroatoms. The SMILES string of the molecule is Cn1c(=O)c2ccccc2n2c(COC(=O)Cc3cccs3)nnc12. The van der Waals surface area contributed by atoms with Gasteiger partial charge in [-0.15, -0.1) is 21.5 Å². The van der Waals surface area contributed by atoms with Crippen molar-refractivity contribution in [1.29, 1.82) is 0 Å². The van der Waals surface area contributed by atoms with Crippen LogP contribution in [0.5, 0.6) is 0 Å². The van der Waals surface area contributed by atoms with Crippen molar-refractivity contribution < 1.29 is 9.53 Å². The monoisotopic (exact) mass is 354 g/mol. The zero-order chi connectivity index (χ0) is 17.4. The maximum absolute atomic E-state index is 12.4. The minimum absolute atomic E-state index is 0.00638. The number of aromatic nitrogens is 4. The van der Waals surface area contributed by atoms with Crippen molar-refractivity contribution in [3.05, 3.63) is 62.8 Å². The summed E-state index contributed by atoms with van der Waals surface area (Å²) in [6, 6.07) is 11.0. The Bertz CT molecular complexity index is 1130. The molecule has 0 amide bonds. The van der Waals surface area contributed by atoms with E-state index >= 15 is 0 Å². The highest BCUT2D eigenvalue weighted by atomic mass is 32.1. The summed E-state index contributed by atoms with van der Waals surface area (Å²) < 4.78 is 8.53. The molecule has 0 aliphatic heterocycles. The first kappa shape index (κ1) is 15.5. The first-order valence-electron chi connectivity index (χ1n) is 7.65. The van der Waals surface area contributed by atoms with Gasteiger partial charge in [0.15, 0.2) is 12.4 Å². The average Bonchev–Trinajstić information content (AvgIpc) is 3.27. The van der Waals surface area contributed by atoms with E-state index in [2.05, 4.69) is 10.2 Å². The largest absolute Gasteiger partial charge is 0.457 e. The van der Waals surface area contributed by atoms with Gasteiger partial charge >= 0.3 is 5.97 Å². The third-order valence-corrected chi connectivity index (χ3v) is 4.83. The molecule has 7 nitrogen and oxygen atoms in total. The lowest BCUT2D eigenvalue weighted by Gasteiger charge is -2.08. The van der Waals surface area contributed by atoms with E-state index in [1.807, 2.05) is 29.6 Å². The Kier molecular flexibility index (Phi) is 3.81. The molecule has 0 saturated heterocycles. The number of esters is 1. The maximum Gasteiger partial charge on any atom is 0.311 e. The molecular formula is C17H14N4O3S. The average molecular weight is 354 g/mol. The van der Waals surface area contributed by atoms with Gasteiger partial charge < -0.3 is 4.74 Å². The molecule has 0 N–H and O–H groups in total. The van der Waals surface area contributed by atoms with Crippen LogP contribution in [0, 0.1) is 0 Å². The summed E-state index contributed by atoms with van der Waals surface area (Å²) in [5.74, 6) is 0.558. The van der Waals surface area contributed by atoms with Crippen LogP contribution in [0.2, 0.25) is 0 Å². The second kappa shape index (κ2) is 6.14. The summed E-state index contributed by atoms with van der Waals surface area (Å²) in [6.45, 7) is -0.00638. The number of hydrogen-bond acceptors (Lipinski definition) is 6. The Morgan fingerprint density at radius 3 is 2.84 bits per heavy atom. The fraction of sp³-hybridized carbons (Fsp3) is 0.176. The lowest BCUT2D eigenvalue weighted by molar-refractivity contribution is -0.144. The Morgan fingerprint density at radius 2 is 2.04 bits per heavy atom. The van der Waals surface area contributed by atoms with Gasteiger partial charge in [-0.2, -0.15) is 0 Å². The second-order valence-electron chi connectivity index (χ2n) is 5.55. The van der Waals surface area contributed by atoms with E-state index in [9.17, 15) is 9.59 Å². The smallest absolute Gasteiger partial charge is 0.311 e. The minimum Gasteiger partial charge on any atom is -0.457 e. The van der Waals surface area contributed by atoms with Crippen LogP contribution in [-0.4, -0.2) is 25.1 Å². The Hall–Kier alpha value is -3.00. The number of nitrogens with zero attached hydrogens (tertiary/aromatic N) is 4. The van der Waals surface area contributed by atoms with E-state index in [0.717, 1.165) is 4.88 Å². The molecule has 0 aliphatic rings. The van der Waals surface area contributed by atoms with Gasteiger partial charge in [-0.3, -0.25) is 18.6 Å². The Morgan fingerprint density at radius 1 is 1.20 bits per heavy atom. The number of thiophene rings is 1. The number of carbonyl (C=O) groups excluding carboxylic acids is 1. The predicted molar refractivity (Wildman–Crippen MR) is 93.6 cm³/mol. The molecule has 3 aromatic heterocycles. The Labute approximate surface area is 146 Å². The van der Waals surface area contributed by atoms with E-state index in [-0.39, 0.29) is 24.6 Å². The van der Waals surface area contributed by atoms with Gasteiger partial charge in [0.2, 0.25) is 5.78 Å². The van der Waals surface area contributed by atoms with E-state index in [4.69, 9.17) is 4.74 Å². The van der Waals surface area contributed by atoms with Crippen LogP contribution >= 0.6 is 11.3 Å². The zero-order valence-corrected chi connectivity index (χ0v) is 14.2. The van der Waals surface area contributed by atoms with Gasteiger partial charge in [0.25, 0.3) is 5.56 Å². The van der Waals surface area contributed by atoms with E-state index in [1.54, 1.807) is 23.6 Å². The summed E-state index contributed by atoms with van der Waals surface area (Å²) in [6.07, 6.45) is 0.230. The molecule has 25 heavy (non-hydrogen) atoms. The van der Waals surface area contributed by atoms with Crippen LogP contribution in [0.4, 0.5) is 0 Å². The van der Waals surface area contributed by atoms with Crippen molar-refractivity contribution in [3.8, 4) is 0 Å². The predicted octanol–water partition coefficient (Wildman–Crippen LogP) is 1.93. The summed E-state index contributed by atoms with van der Waals surface area (Å²) in [7, 11) is 1.64. The minimum atomic E-state index is -0.326. The number of ether oxygens (including phenoxy) is 1. The molecule has 0 unspecified atom stereocenters. The van der Waals surface area contributed by atoms with Gasteiger partial charge in [-0.05, 0) is 23.6 Å². The molecular weight excluding hydrogens is 340 g/mol. The molecule has 0 fully saturated rings. The first-order valence-corrected chi connectivity index (χ1v) is 8.53. The lowest BCUT2D eigenvalue weighted by Crippen LogP contribution is -2.20. The summed E-state index contributed by atoms with van der Waals surface area (Å²) >= 11 is 1.51. The molecule has 0 saturated carbocycles. The highest BCUT2D eigenvalue weighted by Gasteiger charge is 2.16. The standard InChI is InChI=1S/C17H14N4O3S/c1-20-16(23)12-6-2-3-7-13(12)21-14(18-19-17(20)21)10-24-15(22)9-11-5-4-8-25-11/h2-8H,9-10H2,1H3. The highest BCUT2D eigenvalue weighted by Crippen LogP contribution is 2.15. The number of rotatable bonds is 4. The fourth-order valence-electron chi connectivity index (χ4n) is 2.74. The molecule has 4 rings (SSSR count). The topological polar surface area (TPSA) is 78.5 Å². The van der Waals surface area contributed by atoms with Gasteiger partial charge in [0.1, 0.15) is 0 Å². The van der Waals surface area contributed by atoms with Crippen molar-refractivity contribution >= 4 is 34.0 Å². The van der Waals surface area contributed by atoms with Crippen LogP contribution in [0.3, 0.4) is 0 Å². The van der Waals surface area contributed by atoms with Crippen LogP contribution in [0.15, 0.2) is 46.6 Å². The number of aryl methyl sites for hydroxylation is 1. The molecule has 0 radical (unpaired) electrons. The third-order valence-electron chi connectivity index (χ3n) is 3.95. The zero-order valence-electron chi connectivity index (χ0n) is 13.4. The summed E-state index contributed by atoms with van der Waals surface area (Å²) in [5.41, 5.74) is 0.548. The molecule has 0 aliphatic carbocycles. The number of hydrogen-bond donors (Lipinski definition) is 0. The molecule has 126 valence electrons. The second-order valence-corrected chi connectivity index (χ2v) is 6.58. The van der Waals surface area contributed by atoms with Crippen molar-refractivity contribution in [2.45, 2.75) is 13.0 Å². The number of benzene rings is 1. The molecule has 1 aromatic carbocycles. The normalized spacial score (nSPS) is 11.2. The number of carbonyl (C=O) groups is 1. The lowest BCUT2D eigenvalue weighted by atomic mass is 10.2. The van der Waals surface area contributed by atoms with Crippen LogP contribution < -0.4 is 5.56 Å². The fourth-order valence-corrected chi connectivity index (χ4v) is 3.43. The third kappa shape index (κ3) is 2.70. The summed E-state index contributed by atoms with van der Waals surface area (Å²) in [5, 5.41) is 10.6. The first-order chi connectivity index (χ1) is 12.1. The molecule has 4 aromatic rings. The molecule has 0 spiro atoms. The van der Waals surface area contributed by atoms with Gasteiger partial charge in [0, 0.05) is 11.9 Å². The quantitative estimate of drug-likeness (QED) is 0.523. The Balaban J connectivity index is 1.69. The number of para-hydroxylation sites is 1. The summed E-state index contributed by atoms with van der Waals surface area (Å²) in [4.78, 5) is 25.3. The van der Waals surface area contributed by atoms with Crippen LogP contribution in [-0.2, 0) is 29.6 Å². The van der Waals surface area contributed by atoms with Crippen LogP contribution in [0.25, 0.3) is 16.7 Å².